The summed E-state index contributed by atoms with van der Waals surface area (Å²) in [6.07, 6.45) is 4.50. The minimum Gasteiger partial charge on any atom is -0.369 e. The third-order valence-corrected chi connectivity index (χ3v) is 4.61. The van der Waals surface area contributed by atoms with Crippen LogP contribution in [0.15, 0.2) is 12.5 Å². The van der Waals surface area contributed by atoms with Crippen molar-refractivity contribution in [3.63, 3.8) is 0 Å². The molecule has 1 aromatic rings. The molecule has 1 amide bonds. The lowest BCUT2D eigenvalue weighted by atomic mass is 10.2. The van der Waals surface area contributed by atoms with Crippen molar-refractivity contribution in [3.05, 3.63) is 18.2 Å². The third-order valence-electron chi connectivity index (χ3n) is 3.40. The summed E-state index contributed by atoms with van der Waals surface area (Å²) in [6, 6.07) is -0.180. The number of hydrogen-bond acceptors (Lipinski definition) is 5. The van der Waals surface area contributed by atoms with Gasteiger partial charge in [0.25, 0.3) is 0 Å². The molecule has 21 heavy (non-hydrogen) atoms. The van der Waals surface area contributed by atoms with Crippen LogP contribution in [0.2, 0.25) is 0 Å². The van der Waals surface area contributed by atoms with Crippen LogP contribution in [0.25, 0.3) is 0 Å². The Bertz CT molecular complexity index is 611. The average molecular weight is 316 g/mol. The highest BCUT2D eigenvalue weighted by Gasteiger charge is 2.30. The van der Waals surface area contributed by atoms with Gasteiger partial charge in [0.2, 0.25) is 15.9 Å². The number of fused-ring (bicyclic) bond motifs is 1. The number of imidazole rings is 1. The number of aromatic nitrogens is 2. The van der Waals surface area contributed by atoms with Crippen LogP contribution in [-0.4, -0.2) is 73.2 Å². The summed E-state index contributed by atoms with van der Waals surface area (Å²) in [7, 11) is 0.0441. The number of rotatable bonds is 5. The first-order valence-corrected chi connectivity index (χ1v) is 8.37. The number of hydrogen-bond donors (Lipinski definition) is 0. The fraction of sp³-hybridized carbons (Fsp3) is 0.667. The lowest BCUT2D eigenvalue weighted by Crippen LogP contribution is -2.42. The molecule has 0 unspecified atom stereocenters. The zero-order valence-corrected chi connectivity index (χ0v) is 13.2. The first-order valence-electron chi connectivity index (χ1n) is 6.52. The lowest BCUT2D eigenvalue weighted by molar-refractivity contribution is -0.134. The van der Waals surface area contributed by atoms with Crippen LogP contribution >= 0.6 is 0 Å². The maximum atomic E-state index is 11.7. The van der Waals surface area contributed by atoms with E-state index in [-0.39, 0.29) is 25.2 Å². The van der Waals surface area contributed by atoms with E-state index in [1.807, 2.05) is 4.57 Å². The van der Waals surface area contributed by atoms with E-state index in [9.17, 15) is 13.2 Å². The van der Waals surface area contributed by atoms with Crippen LogP contribution < -0.4 is 0 Å². The molecule has 0 aromatic carbocycles. The molecule has 9 heteroatoms. The van der Waals surface area contributed by atoms with E-state index in [0.717, 1.165) is 5.69 Å². The predicted octanol–water partition coefficient (Wildman–Crippen LogP) is -0.696. The van der Waals surface area contributed by atoms with Crippen molar-refractivity contribution in [3.8, 4) is 0 Å². The molecule has 1 aromatic heterocycles. The summed E-state index contributed by atoms with van der Waals surface area (Å²) in [5, 5.41) is 0. The molecular weight excluding hydrogens is 296 g/mol. The molecule has 1 atom stereocenters. The van der Waals surface area contributed by atoms with Crippen molar-refractivity contribution in [2.75, 3.05) is 40.1 Å². The molecule has 0 N–H and O–H groups in total. The molecule has 0 fully saturated rings. The second-order valence-corrected chi connectivity index (χ2v) is 7.29. The van der Waals surface area contributed by atoms with Crippen molar-refractivity contribution in [1.29, 1.82) is 0 Å². The van der Waals surface area contributed by atoms with Crippen LogP contribution in [0.3, 0.4) is 0 Å². The molecule has 2 rings (SSSR count). The molecule has 2 heterocycles. The smallest absolute Gasteiger partial charge is 0.248 e. The Kier molecular flexibility index (Phi) is 4.64. The number of carbonyl (C=O) groups is 1. The van der Waals surface area contributed by atoms with Gasteiger partial charge < -0.3 is 14.2 Å². The van der Waals surface area contributed by atoms with Crippen LogP contribution in [0.4, 0.5) is 0 Å². The number of sulfonamides is 1. The minimum absolute atomic E-state index is 0.0214. The number of ether oxygens (including phenoxy) is 1. The molecule has 118 valence electrons. The Morgan fingerprint density at radius 2 is 2.24 bits per heavy atom. The van der Waals surface area contributed by atoms with Crippen molar-refractivity contribution in [1.82, 2.24) is 18.8 Å². The lowest BCUT2D eigenvalue weighted by Gasteiger charge is -2.32. The molecule has 1 aliphatic heterocycles. The van der Waals surface area contributed by atoms with E-state index in [2.05, 4.69) is 4.98 Å². The average Bonchev–Trinajstić information content (AvgIpc) is 2.85. The monoisotopic (exact) mass is 316 g/mol. The minimum atomic E-state index is -3.27. The Morgan fingerprint density at radius 3 is 2.86 bits per heavy atom. The van der Waals surface area contributed by atoms with Crippen molar-refractivity contribution in [2.45, 2.75) is 12.6 Å². The molecule has 0 radical (unpaired) electrons. The van der Waals surface area contributed by atoms with Gasteiger partial charge in [0.05, 0.1) is 37.5 Å². The summed E-state index contributed by atoms with van der Waals surface area (Å²) in [6.45, 7) is 0.867. The molecule has 0 saturated carbocycles. The summed E-state index contributed by atoms with van der Waals surface area (Å²) in [5.74, 6) is -0.128. The van der Waals surface area contributed by atoms with Gasteiger partial charge in [-0.2, -0.15) is 4.31 Å². The normalized spacial score (nSPS) is 19.3. The van der Waals surface area contributed by atoms with E-state index in [0.29, 0.717) is 13.1 Å². The number of carbonyl (C=O) groups excluding carboxylic acids is 1. The molecule has 1 aliphatic rings. The van der Waals surface area contributed by atoms with Crippen LogP contribution in [0.5, 0.6) is 0 Å². The highest BCUT2D eigenvalue weighted by Crippen LogP contribution is 2.22. The molecule has 8 nitrogen and oxygen atoms in total. The number of likely N-dealkylation sites (N-methyl/N-ethyl adjacent to an activating group) is 1. The van der Waals surface area contributed by atoms with E-state index < -0.39 is 10.0 Å². The third kappa shape index (κ3) is 3.80. The Hall–Kier alpha value is -1.45. The fourth-order valence-electron chi connectivity index (χ4n) is 2.15. The highest BCUT2D eigenvalue weighted by molar-refractivity contribution is 7.88. The first-order chi connectivity index (χ1) is 9.79. The molecule has 0 spiro atoms. The number of nitrogens with zero attached hydrogens (tertiary/aromatic N) is 4. The summed E-state index contributed by atoms with van der Waals surface area (Å²) < 4.78 is 32.2. The van der Waals surface area contributed by atoms with Gasteiger partial charge in [-0.25, -0.2) is 13.4 Å². The molecule has 0 saturated heterocycles. The van der Waals surface area contributed by atoms with Gasteiger partial charge >= 0.3 is 0 Å². The maximum Gasteiger partial charge on any atom is 0.248 e. The molecule has 0 bridgehead atoms. The van der Waals surface area contributed by atoms with Crippen molar-refractivity contribution >= 4 is 15.9 Å². The van der Waals surface area contributed by atoms with Gasteiger partial charge in [0, 0.05) is 26.8 Å². The highest BCUT2D eigenvalue weighted by atomic mass is 32.2. The van der Waals surface area contributed by atoms with E-state index in [1.165, 1.54) is 15.5 Å². The van der Waals surface area contributed by atoms with E-state index in [1.54, 1.807) is 26.6 Å². The van der Waals surface area contributed by atoms with E-state index in [4.69, 9.17) is 4.74 Å². The Labute approximate surface area is 124 Å². The van der Waals surface area contributed by atoms with Gasteiger partial charge in [0.15, 0.2) is 0 Å². The van der Waals surface area contributed by atoms with Gasteiger partial charge in [0.1, 0.15) is 6.61 Å². The Morgan fingerprint density at radius 1 is 1.52 bits per heavy atom. The van der Waals surface area contributed by atoms with Crippen LogP contribution in [0.1, 0.15) is 11.7 Å². The van der Waals surface area contributed by atoms with Crippen molar-refractivity contribution in [2.24, 2.45) is 0 Å². The van der Waals surface area contributed by atoms with Crippen molar-refractivity contribution < 1.29 is 17.9 Å². The standard InChI is InChI=1S/C12H20N4O4S/c1-14(2)12(17)8-20-7-11-6-15(21(3,18)19)5-10-4-13-9-16(10)11/h4,9,11H,5-8H2,1-3H3/t11-/m0/s1. The second kappa shape index (κ2) is 6.12. The zero-order chi connectivity index (χ0) is 15.6. The Balaban J connectivity index is 2.03. The largest absolute Gasteiger partial charge is 0.369 e. The zero-order valence-electron chi connectivity index (χ0n) is 12.4. The van der Waals surface area contributed by atoms with Gasteiger partial charge in [-0.15, -0.1) is 0 Å². The first kappa shape index (κ1) is 15.9. The quantitative estimate of drug-likeness (QED) is 0.717. The predicted molar refractivity (Wildman–Crippen MR) is 76.0 cm³/mol. The van der Waals surface area contributed by atoms with Gasteiger partial charge in [-0.1, -0.05) is 0 Å². The second-order valence-electron chi connectivity index (χ2n) is 5.30. The van der Waals surface area contributed by atoms with Gasteiger partial charge in [-0.05, 0) is 0 Å². The van der Waals surface area contributed by atoms with Gasteiger partial charge in [-0.3, -0.25) is 4.79 Å². The summed E-state index contributed by atoms with van der Waals surface area (Å²) in [5.41, 5.74) is 0.819. The van der Waals surface area contributed by atoms with Crippen LogP contribution in [0, 0.1) is 0 Å². The summed E-state index contributed by atoms with van der Waals surface area (Å²) in [4.78, 5) is 17.0. The van der Waals surface area contributed by atoms with E-state index >= 15 is 0 Å². The SMILES string of the molecule is CN(C)C(=O)COC[C@@H]1CN(S(C)(=O)=O)Cc2cncn21. The molecular formula is C12H20N4O4S. The fourth-order valence-corrected chi connectivity index (χ4v) is 2.96. The maximum absolute atomic E-state index is 11.7. The topological polar surface area (TPSA) is 84.7 Å². The molecule has 0 aliphatic carbocycles. The summed E-state index contributed by atoms with van der Waals surface area (Å²) >= 11 is 0. The number of amides is 1. The van der Waals surface area contributed by atoms with Crippen LogP contribution in [-0.2, 0) is 26.1 Å².